The summed E-state index contributed by atoms with van der Waals surface area (Å²) in [7, 11) is 0. The van der Waals surface area contributed by atoms with Crippen molar-refractivity contribution < 1.29 is 0 Å². The number of unbranched alkanes of at least 4 members (excludes halogenated alkanes) is 4. The van der Waals surface area contributed by atoms with E-state index in [2.05, 4.69) is 27.2 Å². The van der Waals surface area contributed by atoms with Crippen molar-refractivity contribution in [3.63, 3.8) is 0 Å². The summed E-state index contributed by atoms with van der Waals surface area (Å²) in [6.45, 7) is 6.76. The molecule has 0 rings (SSSR count). The van der Waals surface area contributed by atoms with Crippen LogP contribution in [0, 0.1) is 12.3 Å². The van der Waals surface area contributed by atoms with E-state index in [1.807, 2.05) is 0 Å². The molecule has 0 amide bonds. The molecule has 0 aromatic carbocycles. The standard InChI is InChI=1S/C12H25/c1-4-7-8-9-10-11-12(5-2)6-3/h5,12H,4,6-11H2,1-3H3. The highest BCUT2D eigenvalue weighted by Crippen LogP contribution is 2.16. The van der Waals surface area contributed by atoms with Gasteiger partial charge >= 0.3 is 0 Å². The summed E-state index contributed by atoms with van der Waals surface area (Å²) in [6, 6.07) is 0. The molecule has 0 aliphatic carbocycles. The van der Waals surface area contributed by atoms with Gasteiger partial charge in [-0.15, -0.1) is 0 Å². The van der Waals surface area contributed by atoms with Crippen LogP contribution in [0.4, 0.5) is 0 Å². The number of rotatable bonds is 8. The van der Waals surface area contributed by atoms with Crippen molar-refractivity contribution in [1.29, 1.82) is 0 Å². The number of hydrogen-bond donors (Lipinski definition) is 0. The summed E-state index contributed by atoms with van der Waals surface area (Å²) in [5.41, 5.74) is 0. The Morgan fingerprint density at radius 1 is 1.00 bits per heavy atom. The third kappa shape index (κ3) is 6.69. The Hall–Kier alpha value is 0. The highest BCUT2D eigenvalue weighted by Gasteiger charge is 2.01. The molecule has 0 aliphatic heterocycles. The number of hydrogen-bond acceptors (Lipinski definition) is 0. The molecule has 0 heterocycles. The van der Waals surface area contributed by atoms with E-state index in [0.29, 0.717) is 0 Å². The second-order valence-corrected chi connectivity index (χ2v) is 3.70. The van der Waals surface area contributed by atoms with Gasteiger partial charge in [0.1, 0.15) is 0 Å². The second-order valence-electron chi connectivity index (χ2n) is 3.70. The molecule has 0 saturated carbocycles. The van der Waals surface area contributed by atoms with Gasteiger partial charge in [-0.1, -0.05) is 65.7 Å². The molecule has 0 nitrogen and oxygen atoms in total. The van der Waals surface area contributed by atoms with E-state index < -0.39 is 0 Å². The molecule has 12 heavy (non-hydrogen) atoms. The first-order chi connectivity index (χ1) is 5.85. The van der Waals surface area contributed by atoms with Gasteiger partial charge in [-0.05, 0) is 12.3 Å². The second kappa shape index (κ2) is 9.09. The fourth-order valence-electron chi connectivity index (χ4n) is 1.62. The SMILES string of the molecule is C[CH]C(CC)CCCCCCC. The van der Waals surface area contributed by atoms with Crippen LogP contribution in [0.1, 0.15) is 65.7 Å². The molecule has 0 spiro atoms. The highest BCUT2D eigenvalue weighted by molar-refractivity contribution is 4.69. The van der Waals surface area contributed by atoms with E-state index in [1.54, 1.807) is 0 Å². The minimum absolute atomic E-state index is 0.881. The molecule has 1 radical (unpaired) electrons. The summed E-state index contributed by atoms with van der Waals surface area (Å²) in [5, 5.41) is 0. The van der Waals surface area contributed by atoms with Gasteiger partial charge in [-0.3, -0.25) is 0 Å². The van der Waals surface area contributed by atoms with Gasteiger partial charge in [0.2, 0.25) is 0 Å². The molecule has 0 aromatic rings. The quantitative estimate of drug-likeness (QED) is 0.466. The fraction of sp³-hybridized carbons (Fsp3) is 0.917. The highest BCUT2D eigenvalue weighted by atomic mass is 14.1. The van der Waals surface area contributed by atoms with Gasteiger partial charge < -0.3 is 0 Å². The molecule has 0 saturated heterocycles. The van der Waals surface area contributed by atoms with Gasteiger partial charge in [0.25, 0.3) is 0 Å². The van der Waals surface area contributed by atoms with E-state index in [-0.39, 0.29) is 0 Å². The van der Waals surface area contributed by atoms with Gasteiger partial charge in [0.05, 0.1) is 0 Å². The molecule has 0 aliphatic rings. The Morgan fingerprint density at radius 3 is 2.17 bits per heavy atom. The zero-order chi connectivity index (χ0) is 9.23. The van der Waals surface area contributed by atoms with Gasteiger partial charge in [0.15, 0.2) is 0 Å². The largest absolute Gasteiger partial charge is 0.0654 e. The van der Waals surface area contributed by atoms with Crippen molar-refractivity contribution >= 4 is 0 Å². The predicted molar refractivity (Wildman–Crippen MR) is 57.1 cm³/mol. The average Bonchev–Trinajstić information content (AvgIpc) is 2.11. The van der Waals surface area contributed by atoms with E-state index >= 15 is 0 Å². The molecule has 1 atom stereocenters. The summed E-state index contributed by atoms with van der Waals surface area (Å²) in [4.78, 5) is 0. The Kier molecular flexibility index (Phi) is 9.09. The maximum Gasteiger partial charge on any atom is -0.0386 e. The zero-order valence-corrected chi connectivity index (χ0v) is 9.10. The lowest BCUT2D eigenvalue weighted by Crippen LogP contribution is -1.96. The monoisotopic (exact) mass is 169 g/mol. The van der Waals surface area contributed by atoms with Gasteiger partial charge in [-0.25, -0.2) is 0 Å². The van der Waals surface area contributed by atoms with Crippen molar-refractivity contribution in [3.05, 3.63) is 6.42 Å². The van der Waals surface area contributed by atoms with Crippen LogP contribution in [0.25, 0.3) is 0 Å². The van der Waals surface area contributed by atoms with Crippen LogP contribution >= 0.6 is 0 Å². The van der Waals surface area contributed by atoms with Crippen LogP contribution in [0.2, 0.25) is 0 Å². The summed E-state index contributed by atoms with van der Waals surface area (Å²) in [6.07, 6.45) is 12.2. The van der Waals surface area contributed by atoms with Crippen molar-refractivity contribution in [3.8, 4) is 0 Å². The summed E-state index contributed by atoms with van der Waals surface area (Å²) < 4.78 is 0. The van der Waals surface area contributed by atoms with E-state index in [4.69, 9.17) is 0 Å². The van der Waals surface area contributed by atoms with E-state index in [1.165, 1.54) is 44.9 Å². The minimum Gasteiger partial charge on any atom is -0.0654 e. The molecule has 0 fully saturated rings. The first-order valence-corrected chi connectivity index (χ1v) is 5.64. The molecule has 0 N–H and O–H groups in total. The maximum absolute atomic E-state index is 2.36. The molecular weight excluding hydrogens is 144 g/mol. The molecule has 73 valence electrons. The molecule has 1 unspecified atom stereocenters. The lowest BCUT2D eigenvalue weighted by molar-refractivity contribution is 0.489. The fourth-order valence-corrected chi connectivity index (χ4v) is 1.62. The molecular formula is C12H25. The van der Waals surface area contributed by atoms with Crippen LogP contribution in [0.3, 0.4) is 0 Å². The Bertz CT molecular complexity index is 72.1. The topological polar surface area (TPSA) is 0 Å². The third-order valence-electron chi connectivity index (χ3n) is 2.67. The van der Waals surface area contributed by atoms with Gasteiger partial charge in [-0.2, -0.15) is 0 Å². The molecule has 0 aromatic heterocycles. The van der Waals surface area contributed by atoms with Crippen molar-refractivity contribution in [1.82, 2.24) is 0 Å². The van der Waals surface area contributed by atoms with Crippen molar-refractivity contribution in [2.45, 2.75) is 65.7 Å². The smallest absolute Gasteiger partial charge is 0.0386 e. The molecule has 0 bridgehead atoms. The Balaban J connectivity index is 3.06. The van der Waals surface area contributed by atoms with Crippen molar-refractivity contribution in [2.75, 3.05) is 0 Å². The van der Waals surface area contributed by atoms with Crippen LogP contribution in [-0.4, -0.2) is 0 Å². The van der Waals surface area contributed by atoms with Crippen LogP contribution < -0.4 is 0 Å². The normalized spacial score (nSPS) is 11.0. The van der Waals surface area contributed by atoms with E-state index in [9.17, 15) is 0 Å². The maximum atomic E-state index is 2.36. The summed E-state index contributed by atoms with van der Waals surface area (Å²) in [5.74, 6) is 0.881. The molecule has 0 heteroatoms. The Morgan fingerprint density at radius 2 is 1.67 bits per heavy atom. The summed E-state index contributed by atoms with van der Waals surface area (Å²) >= 11 is 0. The first-order valence-electron chi connectivity index (χ1n) is 5.64. The van der Waals surface area contributed by atoms with Crippen LogP contribution in [-0.2, 0) is 0 Å². The van der Waals surface area contributed by atoms with Crippen molar-refractivity contribution in [2.24, 2.45) is 5.92 Å². The zero-order valence-electron chi connectivity index (χ0n) is 9.10. The van der Waals surface area contributed by atoms with E-state index in [0.717, 1.165) is 5.92 Å². The predicted octanol–water partition coefficient (Wildman–Crippen LogP) is 4.60. The minimum atomic E-state index is 0.881. The van der Waals surface area contributed by atoms with Gasteiger partial charge in [0, 0.05) is 0 Å². The third-order valence-corrected chi connectivity index (χ3v) is 2.67. The lowest BCUT2D eigenvalue weighted by atomic mass is 9.96. The van der Waals surface area contributed by atoms with Crippen LogP contribution in [0.5, 0.6) is 0 Å². The lowest BCUT2D eigenvalue weighted by Gasteiger charge is -2.10. The van der Waals surface area contributed by atoms with Crippen LogP contribution in [0.15, 0.2) is 0 Å². The first kappa shape index (κ1) is 12.0. The Labute approximate surface area is 78.8 Å². The average molecular weight is 169 g/mol.